The lowest BCUT2D eigenvalue weighted by Crippen LogP contribution is -2.14. The number of alkyl halides is 3. The normalized spacial score (nSPS) is 11.4. The Kier molecular flexibility index (Phi) is 3.78. The summed E-state index contributed by atoms with van der Waals surface area (Å²) in [7, 11) is 0. The molecule has 1 aromatic heterocycles. The lowest BCUT2D eigenvalue weighted by atomic mass is 10.1. The SMILES string of the molecule is O=c1[nH]cnc(Nc2ccccc2C(F)(F)F)c1I. The van der Waals surface area contributed by atoms with Gasteiger partial charge in [0.1, 0.15) is 3.57 Å². The second-order valence-electron chi connectivity index (χ2n) is 3.56. The average Bonchev–Trinajstić information content (AvgIpc) is 2.34. The predicted octanol–water partition coefficient (Wildman–Crippen LogP) is 3.14. The second kappa shape index (κ2) is 5.19. The number of aromatic nitrogens is 2. The van der Waals surface area contributed by atoms with Crippen molar-refractivity contribution in [2.45, 2.75) is 6.18 Å². The van der Waals surface area contributed by atoms with Gasteiger partial charge in [-0.2, -0.15) is 13.2 Å². The van der Waals surface area contributed by atoms with Gasteiger partial charge in [-0.1, -0.05) is 12.1 Å². The van der Waals surface area contributed by atoms with Gasteiger partial charge in [0.15, 0.2) is 5.82 Å². The topological polar surface area (TPSA) is 57.8 Å². The molecule has 0 unspecified atom stereocenters. The van der Waals surface area contributed by atoms with Crippen molar-refractivity contribution in [3.8, 4) is 0 Å². The zero-order chi connectivity index (χ0) is 14.0. The van der Waals surface area contributed by atoms with E-state index in [-0.39, 0.29) is 15.1 Å². The van der Waals surface area contributed by atoms with Crippen LogP contribution in [0, 0.1) is 3.57 Å². The van der Waals surface area contributed by atoms with E-state index in [0.29, 0.717) is 0 Å². The van der Waals surface area contributed by atoms with E-state index < -0.39 is 17.3 Å². The molecule has 0 bridgehead atoms. The van der Waals surface area contributed by atoms with Crippen LogP contribution < -0.4 is 10.9 Å². The maximum atomic E-state index is 12.8. The number of halogens is 4. The molecule has 2 rings (SSSR count). The lowest BCUT2D eigenvalue weighted by molar-refractivity contribution is -0.136. The first-order chi connectivity index (χ1) is 8.89. The molecule has 2 aromatic rings. The molecule has 0 radical (unpaired) electrons. The van der Waals surface area contributed by atoms with Crippen molar-refractivity contribution in [1.82, 2.24) is 9.97 Å². The molecule has 0 atom stereocenters. The zero-order valence-electron chi connectivity index (χ0n) is 9.25. The van der Waals surface area contributed by atoms with Crippen LogP contribution in [0.1, 0.15) is 5.56 Å². The van der Waals surface area contributed by atoms with E-state index in [1.807, 2.05) is 0 Å². The molecule has 0 aliphatic carbocycles. The van der Waals surface area contributed by atoms with Gasteiger partial charge < -0.3 is 10.3 Å². The number of aromatic amines is 1. The van der Waals surface area contributed by atoms with E-state index >= 15 is 0 Å². The monoisotopic (exact) mass is 381 g/mol. The van der Waals surface area contributed by atoms with E-state index in [2.05, 4.69) is 15.3 Å². The molecule has 4 nitrogen and oxygen atoms in total. The highest BCUT2D eigenvalue weighted by atomic mass is 127. The molecule has 1 heterocycles. The highest BCUT2D eigenvalue weighted by Gasteiger charge is 2.33. The molecule has 0 aliphatic heterocycles. The van der Waals surface area contributed by atoms with Gasteiger partial charge in [-0.25, -0.2) is 4.98 Å². The van der Waals surface area contributed by atoms with Crippen molar-refractivity contribution in [3.05, 3.63) is 50.1 Å². The zero-order valence-corrected chi connectivity index (χ0v) is 11.4. The maximum absolute atomic E-state index is 12.8. The van der Waals surface area contributed by atoms with E-state index in [4.69, 9.17) is 0 Å². The predicted molar refractivity (Wildman–Crippen MR) is 72.3 cm³/mol. The molecular formula is C11H7F3IN3O. The Hall–Kier alpha value is -1.58. The van der Waals surface area contributed by atoms with Crippen LogP contribution in [0.15, 0.2) is 35.4 Å². The fourth-order valence-corrected chi connectivity index (χ4v) is 1.87. The highest BCUT2D eigenvalue weighted by molar-refractivity contribution is 14.1. The van der Waals surface area contributed by atoms with Crippen molar-refractivity contribution in [2.24, 2.45) is 0 Å². The Balaban J connectivity index is 2.45. The third-order valence-corrected chi connectivity index (χ3v) is 3.28. The summed E-state index contributed by atoms with van der Waals surface area (Å²) in [6.45, 7) is 0. The van der Waals surface area contributed by atoms with Gasteiger partial charge in [0.2, 0.25) is 0 Å². The third-order valence-electron chi connectivity index (χ3n) is 2.28. The van der Waals surface area contributed by atoms with Crippen LogP contribution >= 0.6 is 22.6 Å². The van der Waals surface area contributed by atoms with Crippen LogP contribution in [0.4, 0.5) is 24.7 Å². The number of benzene rings is 1. The van der Waals surface area contributed by atoms with Gasteiger partial charge in [0.25, 0.3) is 5.56 Å². The minimum atomic E-state index is -4.48. The quantitative estimate of drug-likeness (QED) is 0.787. The van der Waals surface area contributed by atoms with E-state index in [1.165, 1.54) is 18.2 Å². The molecule has 1 aromatic carbocycles. The smallest absolute Gasteiger partial charge is 0.339 e. The Morgan fingerprint density at radius 3 is 2.63 bits per heavy atom. The van der Waals surface area contributed by atoms with Gasteiger partial charge in [-0.05, 0) is 34.7 Å². The molecule has 0 fully saturated rings. The van der Waals surface area contributed by atoms with Crippen molar-refractivity contribution in [1.29, 1.82) is 0 Å². The fraction of sp³-hybridized carbons (Fsp3) is 0.0909. The van der Waals surface area contributed by atoms with Crippen molar-refractivity contribution in [3.63, 3.8) is 0 Å². The van der Waals surface area contributed by atoms with Crippen molar-refractivity contribution < 1.29 is 13.2 Å². The van der Waals surface area contributed by atoms with Crippen molar-refractivity contribution >= 4 is 34.1 Å². The van der Waals surface area contributed by atoms with Crippen LogP contribution in [0.25, 0.3) is 0 Å². The first-order valence-corrected chi connectivity index (χ1v) is 6.14. The number of H-pyrrole nitrogens is 1. The first-order valence-electron chi connectivity index (χ1n) is 5.06. The van der Waals surface area contributed by atoms with E-state index in [9.17, 15) is 18.0 Å². The standard InChI is InChI=1S/C11H7F3IN3O/c12-11(13,14)6-3-1-2-4-7(6)18-9-8(15)10(19)17-5-16-9/h1-5H,(H2,16,17,18,19). The summed E-state index contributed by atoms with van der Waals surface area (Å²) in [6, 6.07) is 5.01. The summed E-state index contributed by atoms with van der Waals surface area (Å²) < 4.78 is 38.6. The van der Waals surface area contributed by atoms with E-state index in [0.717, 1.165) is 12.4 Å². The molecule has 19 heavy (non-hydrogen) atoms. The summed E-state index contributed by atoms with van der Waals surface area (Å²) >= 11 is 1.71. The van der Waals surface area contributed by atoms with Crippen LogP contribution in [0.2, 0.25) is 0 Å². The molecule has 0 spiro atoms. The molecule has 100 valence electrons. The average molecular weight is 381 g/mol. The number of para-hydroxylation sites is 1. The number of anilines is 2. The number of rotatable bonds is 2. The molecule has 8 heteroatoms. The van der Waals surface area contributed by atoms with Gasteiger partial charge in [0.05, 0.1) is 17.6 Å². The number of nitrogens with zero attached hydrogens (tertiary/aromatic N) is 1. The summed E-state index contributed by atoms with van der Waals surface area (Å²) in [5.74, 6) is 0.0843. The van der Waals surface area contributed by atoms with Crippen molar-refractivity contribution in [2.75, 3.05) is 5.32 Å². The molecule has 0 amide bonds. The molecule has 0 aliphatic rings. The third kappa shape index (κ3) is 3.06. The van der Waals surface area contributed by atoms with Gasteiger partial charge in [-0.3, -0.25) is 4.79 Å². The number of hydrogen-bond donors (Lipinski definition) is 2. The molecule has 2 N–H and O–H groups in total. The summed E-state index contributed by atoms with van der Waals surface area (Å²) in [6.07, 6.45) is -3.35. The molecular weight excluding hydrogens is 374 g/mol. The highest BCUT2D eigenvalue weighted by Crippen LogP contribution is 2.35. The van der Waals surface area contributed by atoms with Gasteiger partial charge >= 0.3 is 6.18 Å². The van der Waals surface area contributed by atoms with Gasteiger partial charge in [-0.15, -0.1) is 0 Å². The van der Waals surface area contributed by atoms with Gasteiger partial charge in [0, 0.05) is 0 Å². The first kappa shape index (κ1) is 13.8. The summed E-state index contributed by atoms with van der Waals surface area (Å²) in [5.41, 5.74) is -1.37. The minimum Gasteiger partial charge on any atom is -0.339 e. The molecule has 0 saturated carbocycles. The number of nitrogens with one attached hydrogen (secondary N) is 2. The summed E-state index contributed by atoms with van der Waals surface area (Å²) in [4.78, 5) is 17.5. The largest absolute Gasteiger partial charge is 0.418 e. The Morgan fingerprint density at radius 2 is 1.95 bits per heavy atom. The van der Waals surface area contributed by atoms with Crippen LogP contribution in [0.5, 0.6) is 0 Å². The summed E-state index contributed by atoms with van der Waals surface area (Å²) in [5, 5.41) is 2.53. The Morgan fingerprint density at radius 1 is 1.26 bits per heavy atom. The fourth-order valence-electron chi connectivity index (χ4n) is 1.44. The second-order valence-corrected chi connectivity index (χ2v) is 4.64. The minimum absolute atomic E-state index is 0.0843. The maximum Gasteiger partial charge on any atom is 0.418 e. The van der Waals surface area contributed by atoms with Crippen LogP contribution in [-0.4, -0.2) is 9.97 Å². The number of hydrogen-bond acceptors (Lipinski definition) is 3. The van der Waals surface area contributed by atoms with Crippen LogP contribution in [-0.2, 0) is 6.18 Å². The molecule has 0 saturated heterocycles. The van der Waals surface area contributed by atoms with Crippen LogP contribution in [0.3, 0.4) is 0 Å². The Labute approximate surface area is 119 Å². The Bertz CT molecular complexity index is 654. The lowest BCUT2D eigenvalue weighted by Gasteiger charge is -2.14. The van der Waals surface area contributed by atoms with E-state index in [1.54, 1.807) is 22.6 Å².